The normalized spacial score (nSPS) is 18.1. The van der Waals surface area contributed by atoms with Crippen LogP contribution in [0.1, 0.15) is 34.3 Å². The van der Waals surface area contributed by atoms with Crippen LogP contribution < -0.4 is 5.32 Å². The maximum Gasteiger partial charge on any atom is 0.257 e. The average molecular weight is 504 g/mol. The van der Waals surface area contributed by atoms with E-state index in [0.717, 1.165) is 31.3 Å². The molecule has 1 aromatic heterocycles. The number of piperidine rings is 1. The molecule has 4 aromatic rings. The van der Waals surface area contributed by atoms with Crippen molar-refractivity contribution in [2.24, 2.45) is 0 Å². The number of amides is 1. The number of hydrogen-bond donors (Lipinski definition) is 1. The predicted molar refractivity (Wildman–Crippen MR) is 143 cm³/mol. The Hall–Kier alpha value is -2.92. The van der Waals surface area contributed by atoms with Gasteiger partial charge in [0.1, 0.15) is 0 Å². The highest BCUT2D eigenvalue weighted by atomic mass is 35.5. The molecule has 0 radical (unpaired) electrons. The second kappa shape index (κ2) is 10.8. The van der Waals surface area contributed by atoms with Crippen LogP contribution in [0.25, 0.3) is 10.9 Å². The van der Waals surface area contributed by atoms with Gasteiger partial charge in [-0.05, 0) is 54.7 Å². The van der Waals surface area contributed by atoms with E-state index in [2.05, 4.69) is 34.6 Å². The zero-order valence-electron chi connectivity index (χ0n) is 19.3. The van der Waals surface area contributed by atoms with Gasteiger partial charge in [0.25, 0.3) is 5.91 Å². The lowest BCUT2D eigenvalue weighted by molar-refractivity contribution is 0.0577. The molecular weight excluding hydrogens is 477 g/mol. The van der Waals surface area contributed by atoms with E-state index in [0.29, 0.717) is 28.2 Å². The molecular formula is C29H27Cl2N3O. The van der Waals surface area contributed by atoms with Crippen LogP contribution in [0.4, 0.5) is 0 Å². The summed E-state index contributed by atoms with van der Waals surface area (Å²) in [5, 5.41) is 5.71. The molecule has 1 amide bonds. The molecule has 1 N–H and O–H groups in total. The van der Waals surface area contributed by atoms with Crippen LogP contribution in [-0.4, -0.2) is 34.4 Å². The molecule has 0 aliphatic carbocycles. The van der Waals surface area contributed by atoms with Crippen LogP contribution in [0.15, 0.2) is 85.1 Å². The summed E-state index contributed by atoms with van der Waals surface area (Å²) >= 11 is 12.8. The molecule has 2 atom stereocenters. The quantitative estimate of drug-likeness (QED) is 0.324. The lowest BCUT2D eigenvalue weighted by Gasteiger charge is -2.40. The minimum Gasteiger partial charge on any atom is -0.335 e. The molecule has 178 valence electrons. The van der Waals surface area contributed by atoms with Crippen molar-refractivity contribution in [2.45, 2.75) is 37.9 Å². The van der Waals surface area contributed by atoms with Gasteiger partial charge in [-0.2, -0.15) is 0 Å². The summed E-state index contributed by atoms with van der Waals surface area (Å²) in [5.74, 6) is -0.0971. The van der Waals surface area contributed by atoms with Crippen LogP contribution in [0.5, 0.6) is 0 Å². The lowest BCUT2D eigenvalue weighted by Crippen LogP contribution is -2.51. The number of nitrogens with one attached hydrogen (secondary N) is 1. The minimum absolute atomic E-state index is 0.0395. The van der Waals surface area contributed by atoms with Crippen molar-refractivity contribution in [3.63, 3.8) is 0 Å². The van der Waals surface area contributed by atoms with Crippen LogP contribution in [0.2, 0.25) is 10.0 Å². The fourth-order valence-electron chi connectivity index (χ4n) is 4.99. The number of carbonyl (C=O) groups excluding carboxylic acids is 1. The van der Waals surface area contributed by atoms with E-state index in [1.54, 1.807) is 18.2 Å². The van der Waals surface area contributed by atoms with Gasteiger partial charge in [0.15, 0.2) is 0 Å². The van der Waals surface area contributed by atoms with E-state index in [4.69, 9.17) is 23.2 Å². The molecule has 0 bridgehead atoms. The summed E-state index contributed by atoms with van der Waals surface area (Å²) in [4.78, 5) is 20.0. The van der Waals surface area contributed by atoms with Gasteiger partial charge in [-0.25, -0.2) is 0 Å². The standard InChI is InChI=1S/C29H27Cl2N3O/c30-25-10-6-11-26(31)28(25)29(35)34-16-14-22(18-23(34)17-20-7-2-1-3-8-20)33-19-21-13-15-32-27-12-5-4-9-24(21)27/h1-13,15,22-23,33H,14,16-19H2/t22-,23+/m0/s1. The van der Waals surface area contributed by atoms with Crippen molar-refractivity contribution in [3.05, 3.63) is 112 Å². The minimum atomic E-state index is -0.0971. The number of benzene rings is 3. The SMILES string of the molecule is O=C(c1c(Cl)cccc1Cl)N1CC[C@H](NCc2ccnc3ccccc23)C[C@H]1Cc1ccccc1. The number of para-hydroxylation sites is 1. The molecule has 4 nitrogen and oxygen atoms in total. The Bertz CT molecular complexity index is 1300. The van der Waals surface area contributed by atoms with Crippen LogP contribution in [0, 0.1) is 0 Å². The maximum absolute atomic E-state index is 13.6. The van der Waals surface area contributed by atoms with Crippen molar-refractivity contribution < 1.29 is 4.79 Å². The first-order valence-electron chi connectivity index (χ1n) is 11.9. The summed E-state index contributed by atoms with van der Waals surface area (Å²) < 4.78 is 0. The third-order valence-corrected chi connectivity index (χ3v) is 7.42. The maximum atomic E-state index is 13.6. The number of halogens is 2. The van der Waals surface area contributed by atoms with Gasteiger partial charge < -0.3 is 10.2 Å². The largest absolute Gasteiger partial charge is 0.335 e. The van der Waals surface area contributed by atoms with E-state index in [1.165, 1.54) is 16.5 Å². The lowest BCUT2D eigenvalue weighted by atomic mass is 9.91. The highest BCUT2D eigenvalue weighted by Gasteiger charge is 2.33. The molecule has 5 rings (SSSR count). The van der Waals surface area contributed by atoms with Crippen LogP contribution >= 0.6 is 23.2 Å². The van der Waals surface area contributed by atoms with Crippen molar-refractivity contribution in [1.29, 1.82) is 0 Å². The van der Waals surface area contributed by atoms with Gasteiger partial charge in [0, 0.05) is 36.8 Å². The van der Waals surface area contributed by atoms with E-state index >= 15 is 0 Å². The number of pyridine rings is 1. The van der Waals surface area contributed by atoms with E-state index in [9.17, 15) is 4.79 Å². The van der Waals surface area contributed by atoms with Gasteiger partial charge in [-0.15, -0.1) is 0 Å². The van der Waals surface area contributed by atoms with Crippen molar-refractivity contribution in [3.8, 4) is 0 Å². The number of fused-ring (bicyclic) bond motifs is 1. The van der Waals surface area contributed by atoms with Gasteiger partial charge in [-0.1, -0.05) is 77.8 Å². The number of aromatic nitrogens is 1. The Balaban J connectivity index is 1.35. The number of likely N-dealkylation sites (tertiary alicyclic amines) is 1. The second-order valence-electron chi connectivity index (χ2n) is 9.03. The van der Waals surface area contributed by atoms with Crippen LogP contribution in [0.3, 0.4) is 0 Å². The molecule has 1 aliphatic heterocycles. The number of hydrogen-bond acceptors (Lipinski definition) is 3. The average Bonchev–Trinajstić information content (AvgIpc) is 2.88. The number of rotatable bonds is 6. The topological polar surface area (TPSA) is 45.2 Å². The Morgan fingerprint density at radius 3 is 2.49 bits per heavy atom. The Labute approximate surface area is 215 Å². The van der Waals surface area contributed by atoms with Gasteiger partial charge in [0.05, 0.1) is 21.1 Å². The summed E-state index contributed by atoms with van der Waals surface area (Å²) in [6.07, 6.45) is 4.37. The molecule has 1 aliphatic rings. The van der Waals surface area contributed by atoms with Crippen LogP contribution in [-0.2, 0) is 13.0 Å². The zero-order chi connectivity index (χ0) is 24.2. The Morgan fingerprint density at radius 2 is 1.69 bits per heavy atom. The van der Waals surface area contributed by atoms with Gasteiger partial charge in [-0.3, -0.25) is 9.78 Å². The molecule has 1 fully saturated rings. The van der Waals surface area contributed by atoms with E-state index < -0.39 is 0 Å². The third kappa shape index (κ3) is 5.35. The molecule has 0 spiro atoms. The fraction of sp³-hybridized carbons (Fsp3) is 0.241. The first-order valence-corrected chi connectivity index (χ1v) is 12.7. The first kappa shape index (κ1) is 23.8. The summed E-state index contributed by atoms with van der Waals surface area (Å²) in [7, 11) is 0. The summed E-state index contributed by atoms with van der Waals surface area (Å²) in [6.45, 7) is 1.41. The molecule has 0 saturated carbocycles. The molecule has 1 saturated heterocycles. The van der Waals surface area contributed by atoms with Crippen molar-refractivity contribution >= 4 is 40.0 Å². The summed E-state index contributed by atoms with van der Waals surface area (Å²) in [6, 6.07) is 26.2. The van der Waals surface area contributed by atoms with Crippen molar-refractivity contribution in [2.75, 3.05) is 6.54 Å². The van der Waals surface area contributed by atoms with E-state index in [-0.39, 0.29) is 11.9 Å². The smallest absolute Gasteiger partial charge is 0.257 e. The fourth-order valence-corrected chi connectivity index (χ4v) is 5.55. The first-order chi connectivity index (χ1) is 17.1. The second-order valence-corrected chi connectivity index (χ2v) is 9.84. The molecule has 3 aromatic carbocycles. The Morgan fingerprint density at radius 1 is 0.943 bits per heavy atom. The number of nitrogens with zero attached hydrogens (tertiary/aromatic N) is 2. The highest BCUT2D eigenvalue weighted by molar-refractivity contribution is 6.39. The van der Waals surface area contributed by atoms with E-state index in [1.807, 2.05) is 47.5 Å². The zero-order valence-corrected chi connectivity index (χ0v) is 20.8. The number of carbonyl (C=O) groups is 1. The molecule has 2 heterocycles. The Kier molecular flexibility index (Phi) is 7.33. The molecule has 0 unspecified atom stereocenters. The third-order valence-electron chi connectivity index (χ3n) is 6.79. The van der Waals surface area contributed by atoms with Gasteiger partial charge >= 0.3 is 0 Å². The predicted octanol–water partition coefficient (Wildman–Crippen LogP) is 6.55. The van der Waals surface area contributed by atoms with Gasteiger partial charge in [0.2, 0.25) is 0 Å². The monoisotopic (exact) mass is 503 g/mol. The molecule has 6 heteroatoms. The van der Waals surface area contributed by atoms with Crippen molar-refractivity contribution in [1.82, 2.24) is 15.2 Å². The molecule has 35 heavy (non-hydrogen) atoms. The highest BCUT2D eigenvalue weighted by Crippen LogP contribution is 2.30. The summed E-state index contributed by atoms with van der Waals surface area (Å²) in [5.41, 5.74) is 3.84.